The molecular weight excluding hydrogens is 441 g/mol. The van der Waals surface area contributed by atoms with Gasteiger partial charge in [-0.2, -0.15) is 23.1 Å². The molecule has 0 amide bonds. The van der Waals surface area contributed by atoms with E-state index < -0.39 is 11.7 Å². The first-order valence-corrected chi connectivity index (χ1v) is 10.7. The number of nitrogens with one attached hydrogen (secondary N) is 1. The minimum Gasteiger partial charge on any atom is -0.460 e. The summed E-state index contributed by atoms with van der Waals surface area (Å²) >= 11 is 0. The van der Waals surface area contributed by atoms with Crippen LogP contribution in [-0.4, -0.2) is 64.7 Å². The normalized spacial score (nSPS) is 21.8. The van der Waals surface area contributed by atoms with Gasteiger partial charge >= 0.3 is 12.2 Å². The predicted octanol–water partition coefficient (Wildman–Crippen LogP) is 2.54. The van der Waals surface area contributed by atoms with Gasteiger partial charge in [0.25, 0.3) is 0 Å². The van der Waals surface area contributed by atoms with E-state index in [4.69, 9.17) is 15.2 Å². The van der Waals surface area contributed by atoms with Crippen molar-refractivity contribution in [3.05, 3.63) is 24.0 Å². The number of hydrogen-bond acceptors (Lipinski definition) is 9. The van der Waals surface area contributed by atoms with Gasteiger partial charge < -0.3 is 25.4 Å². The van der Waals surface area contributed by atoms with Crippen molar-refractivity contribution in [2.24, 2.45) is 10.7 Å². The minimum absolute atomic E-state index is 0.0413. The molecule has 3 N–H and O–H groups in total. The first kappa shape index (κ1) is 23.0. The lowest BCUT2D eigenvalue weighted by Gasteiger charge is -2.30. The molecule has 4 rings (SSSR count). The van der Waals surface area contributed by atoms with Crippen molar-refractivity contribution >= 4 is 23.9 Å². The van der Waals surface area contributed by atoms with Gasteiger partial charge in [0.2, 0.25) is 5.95 Å². The Labute approximate surface area is 188 Å². The van der Waals surface area contributed by atoms with E-state index in [1.54, 1.807) is 6.07 Å². The topological polar surface area (TPSA) is 124 Å². The fourth-order valence-electron chi connectivity index (χ4n) is 3.76. The second kappa shape index (κ2) is 10.1. The largest absolute Gasteiger partial charge is 0.460 e. The van der Waals surface area contributed by atoms with Crippen LogP contribution < -0.4 is 20.7 Å². The lowest BCUT2D eigenvalue weighted by molar-refractivity contribution is -0.138. The van der Waals surface area contributed by atoms with E-state index >= 15 is 0 Å². The lowest BCUT2D eigenvalue weighted by atomic mass is 9.93. The number of rotatable bonds is 6. The zero-order valence-corrected chi connectivity index (χ0v) is 17.8. The molecule has 0 atom stereocenters. The third-order valence-electron chi connectivity index (χ3n) is 5.48. The number of ether oxygens (including phenoxy) is 2. The van der Waals surface area contributed by atoms with Crippen LogP contribution in [0, 0.1) is 0 Å². The third kappa shape index (κ3) is 6.18. The number of halogens is 3. The van der Waals surface area contributed by atoms with Crippen LogP contribution in [0.25, 0.3) is 0 Å². The van der Waals surface area contributed by atoms with Gasteiger partial charge in [-0.05, 0) is 25.7 Å². The molecule has 1 saturated carbocycles. The second-order valence-electron chi connectivity index (χ2n) is 7.77. The standard InChI is InChI=1S/C20H25F3N8O2/c21-20(22,23)13-10-25-18(26-11-13)28-14-1-3-15(4-2-14)33-19-29-16(27-12-24)9-17(30-19)31-5-7-32-8-6-31/h9-12,14-15H,1-8H2,(H,25,26,28)(H2,24,27,29,30). The van der Waals surface area contributed by atoms with Crippen LogP contribution in [0.2, 0.25) is 0 Å². The highest BCUT2D eigenvalue weighted by Crippen LogP contribution is 2.29. The highest BCUT2D eigenvalue weighted by molar-refractivity contribution is 5.59. The number of aliphatic imine (C=N–C) groups is 1. The van der Waals surface area contributed by atoms with Crippen LogP contribution in [0.5, 0.6) is 6.01 Å². The molecule has 178 valence electrons. The van der Waals surface area contributed by atoms with Crippen LogP contribution in [0.3, 0.4) is 0 Å². The minimum atomic E-state index is -4.45. The van der Waals surface area contributed by atoms with Crippen LogP contribution in [0.4, 0.5) is 30.8 Å². The highest BCUT2D eigenvalue weighted by atomic mass is 19.4. The van der Waals surface area contributed by atoms with Crippen molar-refractivity contribution in [3.63, 3.8) is 0 Å². The second-order valence-corrected chi connectivity index (χ2v) is 7.77. The molecule has 1 aliphatic carbocycles. The molecule has 2 fully saturated rings. The summed E-state index contributed by atoms with van der Waals surface area (Å²) in [5.41, 5.74) is 4.56. The molecule has 3 heterocycles. The molecule has 10 nitrogen and oxygen atoms in total. The number of anilines is 2. The average Bonchev–Trinajstić information content (AvgIpc) is 2.81. The van der Waals surface area contributed by atoms with Gasteiger partial charge in [-0.1, -0.05) is 0 Å². The molecular formula is C20H25F3N8O2. The molecule has 1 saturated heterocycles. The molecule has 0 bridgehead atoms. The first-order chi connectivity index (χ1) is 15.9. The van der Waals surface area contributed by atoms with E-state index in [1.807, 2.05) is 0 Å². The summed E-state index contributed by atoms with van der Waals surface area (Å²) in [5, 5.41) is 3.09. The summed E-state index contributed by atoms with van der Waals surface area (Å²) in [5.74, 6) is 1.30. The first-order valence-electron chi connectivity index (χ1n) is 10.7. The predicted molar refractivity (Wildman–Crippen MR) is 115 cm³/mol. The summed E-state index contributed by atoms with van der Waals surface area (Å²) < 4.78 is 49.4. The average molecular weight is 466 g/mol. The molecule has 0 spiro atoms. The number of morpholine rings is 1. The SMILES string of the molecule is N/C=N\c1cc(N2CCOCC2)nc(OC2CCC(Nc3ncc(C(F)(F)F)cn3)CC2)n1. The maximum atomic E-state index is 12.7. The van der Waals surface area contributed by atoms with Crippen molar-refractivity contribution in [2.45, 2.75) is 44.0 Å². The quantitative estimate of drug-likeness (QED) is 0.488. The number of alkyl halides is 3. The van der Waals surface area contributed by atoms with E-state index in [1.165, 1.54) is 6.34 Å². The third-order valence-corrected chi connectivity index (χ3v) is 5.48. The molecule has 2 aromatic heterocycles. The van der Waals surface area contributed by atoms with E-state index in [-0.39, 0.29) is 24.1 Å². The molecule has 0 aromatic carbocycles. The number of nitrogens with two attached hydrogens (primary N) is 1. The zero-order chi connectivity index (χ0) is 23.3. The van der Waals surface area contributed by atoms with E-state index in [0.717, 1.165) is 38.1 Å². The van der Waals surface area contributed by atoms with Gasteiger partial charge in [-0.15, -0.1) is 0 Å². The van der Waals surface area contributed by atoms with Crippen molar-refractivity contribution in [2.75, 3.05) is 36.5 Å². The Morgan fingerprint density at radius 1 is 1.12 bits per heavy atom. The summed E-state index contributed by atoms with van der Waals surface area (Å²) in [6.07, 6.45) is 1.12. The molecule has 33 heavy (non-hydrogen) atoms. The lowest BCUT2D eigenvalue weighted by Crippen LogP contribution is -2.37. The van der Waals surface area contributed by atoms with Crippen LogP contribution in [0.1, 0.15) is 31.2 Å². The van der Waals surface area contributed by atoms with Crippen molar-refractivity contribution < 1.29 is 22.6 Å². The Kier molecular flexibility index (Phi) is 7.06. The fraction of sp³-hybridized carbons (Fsp3) is 0.550. The van der Waals surface area contributed by atoms with E-state index in [9.17, 15) is 13.2 Å². The number of aromatic nitrogens is 4. The summed E-state index contributed by atoms with van der Waals surface area (Å²) in [7, 11) is 0. The van der Waals surface area contributed by atoms with Crippen LogP contribution in [-0.2, 0) is 10.9 Å². The molecule has 0 unspecified atom stereocenters. The Bertz CT molecular complexity index is 943. The van der Waals surface area contributed by atoms with E-state index in [0.29, 0.717) is 37.9 Å². The van der Waals surface area contributed by atoms with Gasteiger partial charge in [-0.25, -0.2) is 15.0 Å². The van der Waals surface area contributed by atoms with E-state index in [2.05, 4.69) is 35.1 Å². The van der Waals surface area contributed by atoms with Crippen LogP contribution in [0.15, 0.2) is 23.5 Å². The van der Waals surface area contributed by atoms with Crippen molar-refractivity contribution in [1.82, 2.24) is 19.9 Å². The molecule has 0 radical (unpaired) electrons. The van der Waals surface area contributed by atoms with Gasteiger partial charge in [0.1, 0.15) is 11.9 Å². The summed E-state index contributed by atoms with van der Waals surface area (Å²) in [4.78, 5) is 22.6. The Balaban J connectivity index is 1.34. The smallest absolute Gasteiger partial charge is 0.419 e. The number of nitrogens with zero attached hydrogens (tertiary/aromatic N) is 6. The highest BCUT2D eigenvalue weighted by Gasteiger charge is 2.31. The van der Waals surface area contributed by atoms with Crippen molar-refractivity contribution in [3.8, 4) is 6.01 Å². The maximum absolute atomic E-state index is 12.7. The van der Waals surface area contributed by atoms with Gasteiger partial charge in [0, 0.05) is 37.6 Å². The molecule has 1 aliphatic heterocycles. The van der Waals surface area contributed by atoms with Gasteiger partial charge in [0.15, 0.2) is 5.82 Å². The maximum Gasteiger partial charge on any atom is 0.419 e. The summed E-state index contributed by atoms with van der Waals surface area (Å²) in [6.45, 7) is 2.67. The monoisotopic (exact) mass is 466 g/mol. The number of hydrogen-bond donors (Lipinski definition) is 2. The Hall–Kier alpha value is -3.22. The molecule has 13 heteroatoms. The molecule has 2 aromatic rings. The van der Waals surface area contributed by atoms with Crippen molar-refractivity contribution in [1.29, 1.82) is 0 Å². The fourth-order valence-corrected chi connectivity index (χ4v) is 3.76. The van der Waals surface area contributed by atoms with Crippen LogP contribution >= 0.6 is 0 Å². The van der Waals surface area contributed by atoms with Gasteiger partial charge in [-0.3, -0.25) is 0 Å². The zero-order valence-electron chi connectivity index (χ0n) is 17.8. The summed E-state index contributed by atoms with van der Waals surface area (Å²) in [6, 6.07) is 2.04. The Morgan fingerprint density at radius 2 is 1.82 bits per heavy atom. The van der Waals surface area contributed by atoms with Gasteiger partial charge in [0.05, 0.1) is 25.1 Å². The molecule has 2 aliphatic rings. The Morgan fingerprint density at radius 3 is 2.45 bits per heavy atom.